The smallest absolute Gasteiger partial charge is 0.145 e. The minimum atomic E-state index is -0.336. The van der Waals surface area contributed by atoms with Crippen molar-refractivity contribution in [3.8, 4) is 11.3 Å². The summed E-state index contributed by atoms with van der Waals surface area (Å²) in [6.45, 7) is 0.354. The van der Waals surface area contributed by atoms with Gasteiger partial charge in [-0.25, -0.2) is 0 Å². The minimum Gasteiger partial charge on any atom is -0.372 e. The van der Waals surface area contributed by atoms with Gasteiger partial charge >= 0.3 is 0 Å². The lowest BCUT2D eigenvalue weighted by atomic mass is 9.59. The number of hydrogen-bond acceptors (Lipinski definition) is 5. The second-order valence-corrected chi connectivity index (χ2v) is 9.27. The topological polar surface area (TPSA) is 65.2 Å². The molecule has 0 saturated heterocycles. The second kappa shape index (κ2) is 7.12. The Morgan fingerprint density at radius 3 is 2.54 bits per heavy atom. The van der Waals surface area contributed by atoms with Crippen molar-refractivity contribution in [1.82, 2.24) is 10.1 Å². The van der Waals surface area contributed by atoms with Gasteiger partial charge in [0, 0.05) is 29.4 Å². The molecule has 4 saturated carbocycles. The highest BCUT2D eigenvalue weighted by atomic mass is 35.5. The molecule has 28 heavy (non-hydrogen) atoms. The molecule has 5 nitrogen and oxygen atoms in total. The molecule has 148 valence electrons. The summed E-state index contributed by atoms with van der Waals surface area (Å²) in [4.78, 5) is 15.9. The molecule has 0 radical (unpaired) electrons. The normalized spacial score (nSPS) is 29.2. The molecule has 0 spiro atoms. The Balaban J connectivity index is 1.46. The van der Waals surface area contributed by atoms with Crippen LogP contribution in [-0.2, 0) is 16.1 Å². The van der Waals surface area contributed by atoms with Crippen LogP contribution < -0.4 is 0 Å². The molecule has 7 heteroatoms. The third kappa shape index (κ3) is 3.08. The van der Waals surface area contributed by atoms with E-state index in [1.165, 1.54) is 0 Å². The summed E-state index contributed by atoms with van der Waals surface area (Å²) >= 11 is 12.7. The number of ether oxygens (including phenoxy) is 1. The van der Waals surface area contributed by atoms with Gasteiger partial charge in [0.15, 0.2) is 0 Å². The van der Waals surface area contributed by atoms with Crippen molar-refractivity contribution in [2.75, 3.05) is 0 Å². The Morgan fingerprint density at radius 1 is 1.18 bits per heavy atom. The predicted molar refractivity (Wildman–Crippen MR) is 105 cm³/mol. The van der Waals surface area contributed by atoms with Crippen molar-refractivity contribution in [3.63, 3.8) is 0 Å². The zero-order valence-electron chi connectivity index (χ0n) is 15.5. The Kier molecular flexibility index (Phi) is 4.73. The number of aromatic nitrogens is 2. The standard InChI is InChI=1S/C21H22Cl2N2O3/c22-15-8-24-9-16(23)18(15)19-14(20(28-25-19)13-1-2-13)10-27-17-7-12-3-5-21(17,11-26)6-4-12/h8-9,11-13,17H,1-7,10H2. The summed E-state index contributed by atoms with van der Waals surface area (Å²) in [7, 11) is 0. The van der Waals surface area contributed by atoms with Crippen LogP contribution in [0.25, 0.3) is 11.3 Å². The summed E-state index contributed by atoms with van der Waals surface area (Å²) in [5.41, 5.74) is 1.82. The largest absolute Gasteiger partial charge is 0.372 e. The molecule has 1 unspecified atom stereocenters. The van der Waals surface area contributed by atoms with Gasteiger partial charge in [-0.3, -0.25) is 4.98 Å². The van der Waals surface area contributed by atoms with E-state index in [2.05, 4.69) is 10.1 Å². The number of rotatable bonds is 6. The lowest BCUT2D eigenvalue weighted by molar-refractivity contribution is -0.146. The molecular weight excluding hydrogens is 399 g/mol. The summed E-state index contributed by atoms with van der Waals surface area (Å²) in [5, 5.41) is 5.17. The third-order valence-electron chi connectivity index (χ3n) is 6.75. The van der Waals surface area contributed by atoms with E-state index in [4.69, 9.17) is 32.5 Å². The fourth-order valence-corrected chi connectivity index (χ4v) is 5.43. The number of carbonyl (C=O) groups excluding carboxylic acids is 1. The molecule has 2 heterocycles. The zero-order chi connectivity index (χ0) is 19.3. The molecule has 0 amide bonds. The van der Waals surface area contributed by atoms with Crippen LogP contribution in [0.2, 0.25) is 10.0 Å². The first-order valence-electron chi connectivity index (χ1n) is 9.97. The van der Waals surface area contributed by atoms with Gasteiger partial charge in [0.25, 0.3) is 0 Å². The van der Waals surface area contributed by atoms with Crippen LogP contribution in [-0.4, -0.2) is 22.5 Å². The molecule has 0 N–H and O–H groups in total. The van der Waals surface area contributed by atoms with E-state index in [9.17, 15) is 4.79 Å². The van der Waals surface area contributed by atoms with Crippen LogP contribution in [0, 0.1) is 11.3 Å². The van der Waals surface area contributed by atoms with Gasteiger partial charge in [0.05, 0.1) is 28.2 Å². The van der Waals surface area contributed by atoms with Crippen LogP contribution in [0.3, 0.4) is 0 Å². The Labute approximate surface area is 173 Å². The molecule has 2 aromatic rings. The maximum atomic E-state index is 11.9. The Morgan fingerprint density at radius 2 is 1.89 bits per heavy atom. The second-order valence-electron chi connectivity index (χ2n) is 8.46. The number of halogens is 2. The first-order valence-corrected chi connectivity index (χ1v) is 10.7. The van der Waals surface area contributed by atoms with Crippen molar-refractivity contribution in [3.05, 3.63) is 33.8 Å². The zero-order valence-corrected chi connectivity index (χ0v) is 17.0. The van der Waals surface area contributed by atoms with Crippen molar-refractivity contribution in [2.24, 2.45) is 11.3 Å². The van der Waals surface area contributed by atoms with Crippen LogP contribution >= 0.6 is 23.2 Å². The molecule has 6 rings (SSSR count). The van der Waals surface area contributed by atoms with E-state index >= 15 is 0 Å². The van der Waals surface area contributed by atoms with Gasteiger partial charge in [-0.15, -0.1) is 0 Å². The van der Waals surface area contributed by atoms with E-state index in [1.807, 2.05) is 0 Å². The molecule has 4 aliphatic carbocycles. The highest BCUT2D eigenvalue weighted by Gasteiger charge is 2.48. The number of fused-ring (bicyclic) bond motifs is 3. The fraction of sp³-hybridized carbons (Fsp3) is 0.571. The predicted octanol–water partition coefficient (Wildman–Crippen LogP) is 5.59. The van der Waals surface area contributed by atoms with Gasteiger partial charge in [0.1, 0.15) is 17.7 Å². The van der Waals surface area contributed by atoms with Gasteiger partial charge in [-0.2, -0.15) is 0 Å². The SMILES string of the molecule is O=CC12CCC(CC1)CC2OCc1c(-c2c(Cl)cncc2Cl)noc1C1CC1. The highest BCUT2D eigenvalue weighted by molar-refractivity contribution is 6.38. The minimum absolute atomic E-state index is 0.0457. The average molecular weight is 421 g/mol. The Bertz CT molecular complexity index is 881. The molecule has 2 aromatic heterocycles. The summed E-state index contributed by atoms with van der Waals surface area (Å²) in [5.74, 6) is 1.91. The van der Waals surface area contributed by atoms with Crippen LogP contribution in [0.15, 0.2) is 16.9 Å². The lowest BCUT2D eigenvalue weighted by Crippen LogP contribution is -2.48. The average Bonchev–Trinajstić information content (AvgIpc) is 3.48. The number of nitrogens with zero attached hydrogens (tertiary/aromatic N) is 2. The van der Waals surface area contributed by atoms with Crippen LogP contribution in [0.5, 0.6) is 0 Å². The summed E-state index contributed by atoms with van der Waals surface area (Å²) in [6.07, 6.45) is 11.5. The van der Waals surface area contributed by atoms with Crippen molar-refractivity contribution < 1.29 is 14.1 Å². The molecule has 4 aliphatic rings. The van der Waals surface area contributed by atoms with Crippen molar-refractivity contribution in [2.45, 2.75) is 63.6 Å². The molecule has 0 aliphatic heterocycles. The highest BCUT2D eigenvalue weighted by Crippen LogP contribution is 2.51. The summed E-state index contributed by atoms with van der Waals surface area (Å²) < 4.78 is 12.1. The van der Waals surface area contributed by atoms with Crippen LogP contribution in [0.4, 0.5) is 0 Å². The Hall–Kier alpha value is -1.43. The molecule has 0 aromatic carbocycles. The lowest BCUT2D eigenvalue weighted by Gasteiger charge is -2.48. The fourth-order valence-electron chi connectivity index (χ4n) is 4.88. The van der Waals surface area contributed by atoms with E-state index in [1.54, 1.807) is 12.4 Å². The van der Waals surface area contributed by atoms with E-state index in [-0.39, 0.29) is 11.5 Å². The van der Waals surface area contributed by atoms with Gasteiger partial charge < -0.3 is 14.1 Å². The van der Waals surface area contributed by atoms with Crippen molar-refractivity contribution in [1.29, 1.82) is 0 Å². The molecule has 1 atom stereocenters. The number of aldehydes is 1. The first kappa shape index (κ1) is 18.6. The number of carbonyl (C=O) groups is 1. The maximum Gasteiger partial charge on any atom is 0.145 e. The van der Waals surface area contributed by atoms with E-state index in [0.717, 1.165) is 62.6 Å². The van der Waals surface area contributed by atoms with Crippen LogP contribution in [0.1, 0.15) is 62.2 Å². The number of pyridine rings is 1. The molecular formula is C21H22Cl2N2O3. The monoisotopic (exact) mass is 420 g/mol. The van der Waals surface area contributed by atoms with Gasteiger partial charge in [-0.05, 0) is 50.9 Å². The third-order valence-corrected chi connectivity index (χ3v) is 7.32. The van der Waals surface area contributed by atoms with Crippen molar-refractivity contribution >= 4 is 29.5 Å². The first-order chi connectivity index (χ1) is 13.6. The van der Waals surface area contributed by atoms with Gasteiger partial charge in [0.2, 0.25) is 0 Å². The summed E-state index contributed by atoms with van der Waals surface area (Å²) in [6, 6.07) is 0. The van der Waals surface area contributed by atoms with Gasteiger partial charge in [-0.1, -0.05) is 28.4 Å². The quantitative estimate of drug-likeness (QED) is 0.570. The van der Waals surface area contributed by atoms with E-state index in [0.29, 0.717) is 39.7 Å². The molecule has 2 bridgehead atoms. The maximum absolute atomic E-state index is 11.9. The molecule has 4 fully saturated rings. The number of hydrogen-bond donors (Lipinski definition) is 0. The van der Waals surface area contributed by atoms with E-state index < -0.39 is 0 Å².